The molecule has 1 aromatic carbocycles. The van der Waals surface area contributed by atoms with Gasteiger partial charge in [-0.15, -0.1) is 0 Å². The van der Waals surface area contributed by atoms with Gasteiger partial charge in [-0.2, -0.15) is 5.10 Å². The molecule has 12 heteroatoms. The lowest BCUT2D eigenvalue weighted by Crippen LogP contribution is -2.49. The van der Waals surface area contributed by atoms with Crippen LogP contribution in [-0.4, -0.2) is 96.3 Å². The topological polar surface area (TPSA) is 120 Å². The van der Waals surface area contributed by atoms with Gasteiger partial charge < -0.3 is 14.4 Å². The lowest BCUT2D eigenvalue weighted by atomic mass is 10.3. The number of hydrogen-bond donors (Lipinski definition) is 0. The molecule has 1 saturated heterocycles. The van der Waals surface area contributed by atoms with Crippen LogP contribution in [0.3, 0.4) is 0 Å². The number of carbonyl (C=O) groups excluding carboxylic acids is 1. The summed E-state index contributed by atoms with van der Waals surface area (Å²) in [6.45, 7) is 6.06. The highest BCUT2D eigenvalue weighted by atomic mass is 32.2. The van der Waals surface area contributed by atoms with Gasteiger partial charge in [0.15, 0.2) is 15.5 Å². The zero-order chi connectivity index (χ0) is 23.4. The van der Waals surface area contributed by atoms with Crippen LogP contribution in [-0.2, 0) is 14.6 Å². The molecule has 1 amide bonds. The Morgan fingerprint density at radius 1 is 1.09 bits per heavy atom. The van der Waals surface area contributed by atoms with Gasteiger partial charge in [0, 0.05) is 39.0 Å². The highest BCUT2D eigenvalue weighted by molar-refractivity contribution is 7.90. The highest BCUT2D eigenvalue weighted by Gasteiger charge is 2.22. The van der Waals surface area contributed by atoms with E-state index in [-0.39, 0.29) is 11.0 Å². The van der Waals surface area contributed by atoms with Crippen LogP contribution in [0, 0.1) is 0 Å². The van der Waals surface area contributed by atoms with Gasteiger partial charge in [0.25, 0.3) is 0 Å². The first-order chi connectivity index (χ1) is 15.9. The third-order valence-electron chi connectivity index (χ3n) is 5.38. The van der Waals surface area contributed by atoms with E-state index in [1.165, 1.54) is 12.6 Å². The number of nitrogens with zero attached hydrogens (tertiary/aromatic N) is 6. The fraction of sp³-hybridized carbons (Fsp3) is 0.429. The Morgan fingerprint density at radius 2 is 1.82 bits per heavy atom. The molecule has 0 unspecified atom stereocenters. The number of aromatic nitrogens is 4. The van der Waals surface area contributed by atoms with Crippen molar-refractivity contribution in [3.8, 4) is 11.6 Å². The van der Waals surface area contributed by atoms with E-state index in [1.54, 1.807) is 47.0 Å². The number of rotatable bonds is 7. The molecule has 33 heavy (non-hydrogen) atoms. The molecule has 3 heterocycles. The summed E-state index contributed by atoms with van der Waals surface area (Å²) in [6.07, 6.45) is 3.95. The number of fused-ring (bicyclic) bond motifs is 1. The van der Waals surface area contributed by atoms with E-state index in [0.29, 0.717) is 55.4 Å². The molecule has 176 valence electrons. The van der Waals surface area contributed by atoms with Gasteiger partial charge in [-0.1, -0.05) is 0 Å². The van der Waals surface area contributed by atoms with Crippen LogP contribution in [0.1, 0.15) is 6.92 Å². The molecule has 1 fully saturated rings. The Labute approximate surface area is 191 Å². The second-order valence-corrected chi connectivity index (χ2v) is 9.63. The molecule has 1 aliphatic heterocycles. The molecule has 1 aliphatic rings. The molecule has 11 nitrogen and oxygen atoms in total. The molecule has 0 radical (unpaired) electrons. The minimum Gasteiger partial charge on any atom is -0.476 e. The van der Waals surface area contributed by atoms with Gasteiger partial charge in [-0.3, -0.25) is 4.90 Å². The first-order valence-electron chi connectivity index (χ1n) is 10.6. The largest absolute Gasteiger partial charge is 0.476 e. The summed E-state index contributed by atoms with van der Waals surface area (Å²) in [5.41, 5.74) is 1.25. The molecule has 0 N–H and O–H groups in total. The average Bonchev–Trinajstić information content (AvgIpc) is 3.24. The molecule has 0 bridgehead atoms. The van der Waals surface area contributed by atoms with Crippen molar-refractivity contribution in [1.82, 2.24) is 29.5 Å². The van der Waals surface area contributed by atoms with E-state index in [1.807, 2.05) is 0 Å². The monoisotopic (exact) mass is 474 g/mol. The van der Waals surface area contributed by atoms with Crippen molar-refractivity contribution in [1.29, 1.82) is 0 Å². The molecule has 4 rings (SSSR count). The number of piperazine rings is 1. The van der Waals surface area contributed by atoms with Crippen LogP contribution in [0.15, 0.2) is 41.7 Å². The second-order valence-electron chi connectivity index (χ2n) is 7.61. The Morgan fingerprint density at radius 3 is 2.48 bits per heavy atom. The number of hydrogen-bond acceptors (Lipinski definition) is 9. The summed E-state index contributed by atoms with van der Waals surface area (Å²) in [6, 6.07) is 6.44. The summed E-state index contributed by atoms with van der Waals surface area (Å²) in [4.78, 5) is 24.5. The smallest absolute Gasteiger partial charge is 0.409 e. The molecule has 3 aromatic rings. The molecule has 0 atom stereocenters. The summed E-state index contributed by atoms with van der Waals surface area (Å²) in [7, 11) is -3.27. The van der Waals surface area contributed by atoms with Gasteiger partial charge in [0.05, 0.1) is 23.4 Å². The van der Waals surface area contributed by atoms with E-state index >= 15 is 0 Å². The fourth-order valence-electron chi connectivity index (χ4n) is 3.60. The summed E-state index contributed by atoms with van der Waals surface area (Å²) in [5, 5.41) is 5.04. The summed E-state index contributed by atoms with van der Waals surface area (Å²) < 4.78 is 36.0. The van der Waals surface area contributed by atoms with Gasteiger partial charge in [-0.25, -0.2) is 27.9 Å². The van der Waals surface area contributed by atoms with Crippen LogP contribution in [0.4, 0.5) is 4.79 Å². The Kier molecular flexibility index (Phi) is 6.75. The number of ether oxygens (including phenoxy) is 2. The number of benzene rings is 1. The first kappa shape index (κ1) is 22.9. The Hall–Kier alpha value is -3.25. The van der Waals surface area contributed by atoms with E-state index in [0.717, 1.165) is 13.1 Å². The van der Waals surface area contributed by atoms with E-state index in [9.17, 15) is 13.2 Å². The van der Waals surface area contributed by atoms with Crippen molar-refractivity contribution >= 4 is 27.0 Å². The number of carbonyl (C=O) groups is 1. The summed E-state index contributed by atoms with van der Waals surface area (Å²) in [5.74, 6) is 0.434. The quantitative estimate of drug-likeness (QED) is 0.500. The van der Waals surface area contributed by atoms with E-state index < -0.39 is 9.84 Å². The molecule has 0 aliphatic carbocycles. The molecule has 0 spiro atoms. The number of sulfone groups is 1. The first-order valence-corrected chi connectivity index (χ1v) is 12.5. The maximum atomic E-state index is 11.8. The van der Waals surface area contributed by atoms with Gasteiger partial charge in [-0.05, 0) is 31.2 Å². The third-order valence-corrected chi connectivity index (χ3v) is 6.51. The molecule has 2 aromatic heterocycles. The standard InChI is InChI=1S/C21H26N6O5S/c1-3-31-21(28)26-10-8-25(9-11-26)12-13-32-20-18-14-24-27(19(18)22-15-23-20)16-4-6-17(7-5-16)33(2,29)30/h4-7,14-15H,3,8-13H2,1-2H3. The average molecular weight is 475 g/mol. The Bertz CT molecular complexity index is 1220. The van der Waals surface area contributed by atoms with Crippen molar-refractivity contribution < 1.29 is 22.7 Å². The molecule has 0 saturated carbocycles. The Balaban J connectivity index is 1.38. The zero-order valence-electron chi connectivity index (χ0n) is 18.5. The summed E-state index contributed by atoms with van der Waals surface area (Å²) >= 11 is 0. The minimum atomic E-state index is -3.27. The minimum absolute atomic E-state index is 0.240. The van der Waals surface area contributed by atoms with Gasteiger partial charge in [0.1, 0.15) is 18.3 Å². The van der Waals surface area contributed by atoms with E-state index in [2.05, 4.69) is 20.0 Å². The van der Waals surface area contributed by atoms with Crippen molar-refractivity contribution in [2.75, 3.05) is 52.2 Å². The van der Waals surface area contributed by atoms with Crippen LogP contribution in [0.25, 0.3) is 16.7 Å². The van der Waals surface area contributed by atoms with Crippen LogP contribution < -0.4 is 4.74 Å². The maximum Gasteiger partial charge on any atom is 0.409 e. The zero-order valence-corrected chi connectivity index (χ0v) is 19.4. The van der Waals surface area contributed by atoms with Crippen LogP contribution in [0.5, 0.6) is 5.88 Å². The maximum absolute atomic E-state index is 11.8. The van der Waals surface area contributed by atoms with Gasteiger partial charge in [0.2, 0.25) is 5.88 Å². The van der Waals surface area contributed by atoms with Gasteiger partial charge >= 0.3 is 6.09 Å². The lowest BCUT2D eigenvalue weighted by Gasteiger charge is -2.33. The second kappa shape index (κ2) is 9.71. The van der Waals surface area contributed by atoms with Crippen molar-refractivity contribution in [2.24, 2.45) is 0 Å². The van der Waals surface area contributed by atoms with Crippen molar-refractivity contribution in [2.45, 2.75) is 11.8 Å². The van der Waals surface area contributed by atoms with Crippen molar-refractivity contribution in [3.05, 3.63) is 36.8 Å². The molecular formula is C21H26N6O5S. The number of amides is 1. The predicted molar refractivity (Wildman–Crippen MR) is 120 cm³/mol. The highest BCUT2D eigenvalue weighted by Crippen LogP contribution is 2.24. The lowest BCUT2D eigenvalue weighted by molar-refractivity contribution is 0.0756. The normalized spacial score (nSPS) is 15.0. The van der Waals surface area contributed by atoms with Crippen LogP contribution >= 0.6 is 0 Å². The third kappa shape index (κ3) is 5.22. The SMILES string of the molecule is CCOC(=O)N1CCN(CCOc2ncnc3c2cnn3-c2ccc(S(C)(=O)=O)cc2)CC1. The predicted octanol–water partition coefficient (Wildman–Crippen LogP) is 1.37. The van der Waals surface area contributed by atoms with E-state index in [4.69, 9.17) is 9.47 Å². The van der Waals surface area contributed by atoms with Crippen molar-refractivity contribution in [3.63, 3.8) is 0 Å². The van der Waals surface area contributed by atoms with Crippen LogP contribution in [0.2, 0.25) is 0 Å². The molecular weight excluding hydrogens is 448 g/mol. The fourth-order valence-corrected chi connectivity index (χ4v) is 4.23.